The second-order valence-corrected chi connectivity index (χ2v) is 7.30. The molecule has 2 nitrogen and oxygen atoms in total. The normalized spacial score (nSPS) is 30.0. The topological polar surface area (TPSA) is 34.1 Å². The summed E-state index contributed by atoms with van der Waals surface area (Å²) in [5.74, 6) is 0. The Morgan fingerprint density at radius 3 is 2.59 bits per heavy atom. The summed E-state index contributed by atoms with van der Waals surface area (Å²) in [5, 5.41) is -0.388. The standard InChI is InChI=1S/C14H16O2S/c15-17(16)13-7-4-8-14(17)12(10-13)9-11-5-2-1-3-6-11/h1-3,5-6,10,13-14H,4,7-9H2/t13-,14+/m0/s1. The highest BCUT2D eigenvalue weighted by molar-refractivity contribution is 7.93. The van der Waals surface area contributed by atoms with Crippen molar-refractivity contribution in [1.29, 1.82) is 0 Å². The summed E-state index contributed by atoms with van der Waals surface area (Å²) < 4.78 is 24.2. The smallest absolute Gasteiger partial charge is 0.163 e. The van der Waals surface area contributed by atoms with E-state index in [0.29, 0.717) is 0 Å². The highest BCUT2D eigenvalue weighted by atomic mass is 32.2. The lowest BCUT2D eigenvalue weighted by molar-refractivity contribution is 0.548. The Bertz CT molecular complexity index is 543. The van der Waals surface area contributed by atoms with E-state index in [0.717, 1.165) is 31.3 Å². The van der Waals surface area contributed by atoms with Gasteiger partial charge in [0.15, 0.2) is 9.84 Å². The van der Waals surface area contributed by atoms with Gasteiger partial charge in [0, 0.05) is 0 Å². The highest BCUT2D eigenvalue weighted by Gasteiger charge is 2.43. The lowest BCUT2D eigenvalue weighted by Gasteiger charge is -2.21. The van der Waals surface area contributed by atoms with Crippen molar-refractivity contribution >= 4 is 9.84 Å². The van der Waals surface area contributed by atoms with E-state index in [4.69, 9.17) is 0 Å². The molecule has 2 atom stereocenters. The molecule has 2 aliphatic heterocycles. The maximum Gasteiger partial charge on any atom is 0.163 e. The molecular formula is C14H16O2S. The molecule has 3 heteroatoms. The van der Waals surface area contributed by atoms with Crippen molar-refractivity contribution in [2.75, 3.05) is 0 Å². The molecule has 0 aliphatic carbocycles. The average Bonchev–Trinajstić information content (AvgIpc) is 2.50. The number of benzene rings is 1. The molecule has 1 saturated heterocycles. The Morgan fingerprint density at radius 1 is 1.12 bits per heavy atom. The molecule has 0 radical (unpaired) electrons. The van der Waals surface area contributed by atoms with Gasteiger partial charge in [-0.25, -0.2) is 8.42 Å². The first-order valence-electron chi connectivity index (χ1n) is 6.15. The Morgan fingerprint density at radius 2 is 1.88 bits per heavy atom. The maximum atomic E-state index is 12.1. The second-order valence-electron chi connectivity index (χ2n) is 4.95. The van der Waals surface area contributed by atoms with Crippen molar-refractivity contribution in [2.45, 2.75) is 36.2 Å². The van der Waals surface area contributed by atoms with Crippen LogP contribution in [0.3, 0.4) is 0 Å². The Balaban J connectivity index is 1.89. The summed E-state index contributed by atoms with van der Waals surface area (Å²) in [6, 6.07) is 10.1. The minimum absolute atomic E-state index is 0.193. The molecule has 1 aromatic rings. The van der Waals surface area contributed by atoms with Crippen molar-refractivity contribution in [2.24, 2.45) is 0 Å². The third-order valence-corrected chi connectivity index (χ3v) is 6.39. The molecular weight excluding hydrogens is 232 g/mol. The van der Waals surface area contributed by atoms with E-state index in [1.54, 1.807) is 0 Å². The molecule has 2 aliphatic rings. The van der Waals surface area contributed by atoms with Crippen LogP contribution in [-0.2, 0) is 16.3 Å². The van der Waals surface area contributed by atoms with Gasteiger partial charge in [-0.3, -0.25) is 0 Å². The summed E-state index contributed by atoms with van der Waals surface area (Å²) in [5.41, 5.74) is 2.33. The minimum atomic E-state index is -2.89. The molecule has 3 rings (SSSR count). The molecule has 0 spiro atoms. The van der Waals surface area contributed by atoms with Crippen molar-refractivity contribution < 1.29 is 8.42 Å². The van der Waals surface area contributed by atoms with Gasteiger partial charge >= 0.3 is 0 Å². The largest absolute Gasteiger partial charge is 0.228 e. The van der Waals surface area contributed by atoms with E-state index >= 15 is 0 Å². The van der Waals surface area contributed by atoms with Crippen LogP contribution in [0.2, 0.25) is 0 Å². The van der Waals surface area contributed by atoms with Gasteiger partial charge in [0.2, 0.25) is 0 Å². The Hall–Kier alpha value is -1.09. The van der Waals surface area contributed by atoms with Crippen LogP contribution in [0.15, 0.2) is 42.0 Å². The molecule has 17 heavy (non-hydrogen) atoms. The van der Waals surface area contributed by atoms with Gasteiger partial charge in [0.25, 0.3) is 0 Å². The van der Waals surface area contributed by atoms with E-state index in [2.05, 4.69) is 12.1 Å². The Kier molecular flexibility index (Phi) is 2.58. The van der Waals surface area contributed by atoms with E-state index < -0.39 is 9.84 Å². The third-order valence-electron chi connectivity index (χ3n) is 3.84. The minimum Gasteiger partial charge on any atom is -0.228 e. The van der Waals surface area contributed by atoms with Crippen LogP contribution < -0.4 is 0 Å². The molecule has 0 saturated carbocycles. The highest BCUT2D eigenvalue weighted by Crippen LogP contribution is 2.38. The number of fused-ring (bicyclic) bond motifs is 2. The molecule has 1 fully saturated rings. The van der Waals surface area contributed by atoms with Crippen molar-refractivity contribution in [3.63, 3.8) is 0 Å². The summed E-state index contributed by atoms with van der Waals surface area (Å²) in [6.07, 6.45) is 5.49. The Labute approximate surface area is 102 Å². The molecule has 2 bridgehead atoms. The fourth-order valence-corrected chi connectivity index (χ4v) is 5.33. The molecule has 0 unspecified atom stereocenters. The van der Waals surface area contributed by atoms with Crippen LogP contribution in [-0.4, -0.2) is 18.9 Å². The predicted octanol–water partition coefficient (Wildman–Crippen LogP) is 2.51. The third kappa shape index (κ3) is 1.82. The summed E-state index contributed by atoms with van der Waals surface area (Å²) >= 11 is 0. The summed E-state index contributed by atoms with van der Waals surface area (Å²) in [6.45, 7) is 0. The quantitative estimate of drug-likeness (QED) is 0.754. The van der Waals surface area contributed by atoms with Crippen LogP contribution in [0.25, 0.3) is 0 Å². The van der Waals surface area contributed by atoms with E-state index in [-0.39, 0.29) is 10.5 Å². The summed E-state index contributed by atoms with van der Waals surface area (Å²) in [7, 11) is -2.89. The second kappa shape index (κ2) is 3.98. The monoisotopic (exact) mass is 248 g/mol. The number of sulfone groups is 1. The van der Waals surface area contributed by atoms with E-state index in [9.17, 15) is 8.42 Å². The molecule has 0 amide bonds. The van der Waals surface area contributed by atoms with E-state index in [1.807, 2.05) is 24.3 Å². The number of hydrogen-bond acceptors (Lipinski definition) is 2. The molecule has 1 aromatic carbocycles. The predicted molar refractivity (Wildman–Crippen MR) is 68.6 cm³/mol. The average molecular weight is 248 g/mol. The van der Waals surface area contributed by atoms with Gasteiger partial charge in [0.05, 0.1) is 10.5 Å². The molecule has 0 N–H and O–H groups in total. The van der Waals surface area contributed by atoms with Gasteiger partial charge < -0.3 is 0 Å². The van der Waals surface area contributed by atoms with Crippen LogP contribution >= 0.6 is 0 Å². The first kappa shape index (κ1) is 11.0. The van der Waals surface area contributed by atoms with Crippen molar-refractivity contribution in [3.05, 3.63) is 47.5 Å². The zero-order valence-electron chi connectivity index (χ0n) is 9.67. The van der Waals surface area contributed by atoms with Gasteiger partial charge in [-0.1, -0.05) is 48.4 Å². The van der Waals surface area contributed by atoms with Gasteiger partial charge in [-0.05, 0) is 24.8 Å². The van der Waals surface area contributed by atoms with Crippen LogP contribution in [0.4, 0.5) is 0 Å². The van der Waals surface area contributed by atoms with Crippen molar-refractivity contribution in [3.8, 4) is 0 Å². The zero-order chi connectivity index (χ0) is 11.9. The van der Waals surface area contributed by atoms with Crippen LogP contribution in [0.1, 0.15) is 24.8 Å². The molecule has 2 heterocycles. The van der Waals surface area contributed by atoms with Gasteiger partial charge in [-0.15, -0.1) is 0 Å². The number of rotatable bonds is 2. The van der Waals surface area contributed by atoms with Gasteiger partial charge in [0.1, 0.15) is 0 Å². The first-order chi connectivity index (χ1) is 8.18. The van der Waals surface area contributed by atoms with Crippen LogP contribution in [0, 0.1) is 0 Å². The summed E-state index contributed by atoms with van der Waals surface area (Å²) in [4.78, 5) is 0. The fourth-order valence-electron chi connectivity index (χ4n) is 2.97. The lowest BCUT2D eigenvalue weighted by Crippen LogP contribution is -2.30. The maximum absolute atomic E-state index is 12.1. The first-order valence-corrected chi connectivity index (χ1v) is 7.76. The molecule has 90 valence electrons. The lowest BCUT2D eigenvalue weighted by atomic mass is 10.0. The van der Waals surface area contributed by atoms with Crippen molar-refractivity contribution in [1.82, 2.24) is 0 Å². The fraction of sp³-hybridized carbons (Fsp3) is 0.429. The van der Waals surface area contributed by atoms with Gasteiger partial charge in [-0.2, -0.15) is 0 Å². The van der Waals surface area contributed by atoms with Crippen LogP contribution in [0.5, 0.6) is 0 Å². The SMILES string of the molecule is O=S1(=O)[C@@H]2C=C(Cc3ccccc3)[C@H]1CCC2. The zero-order valence-corrected chi connectivity index (χ0v) is 10.5. The van der Waals surface area contributed by atoms with E-state index in [1.165, 1.54) is 5.56 Å². The molecule has 0 aromatic heterocycles. The number of hydrogen-bond donors (Lipinski definition) is 0.